The molecule has 2 heteroatoms. The van der Waals surface area contributed by atoms with Gasteiger partial charge in [0.05, 0.1) is 0 Å². The molecule has 0 atom stereocenters. The van der Waals surface area contributed by atoms with Crippen molar-refractivity contribution >= 4 is 11.4 Å². The molecule has 0 saturated carbocycles. The minimum absolute atomic E-state index is 0.787. The van der Waals surface area contributed by atoms with E-state index in [1.807, 2.05) is 25.2 Å². The predicted octanol–water partition coefficient (Wildman–Crippen LogP) is 3.29. The molecule has 16 heavy (non-hydrogen) atoms. The Morgan fingerprint density at radius 3 is 2.31 bits per heavy atom. The fourth-order valence-corrected chi connectivity index (χ4v) is 1.75. The first-order chi connectivity index (χ1) is 7.70. The molecule has 0 bridgehead atoms. The van der Waals surface area contributed by atoms with E-state index in [-0.39, 0.29) is 0 Å². The fraction of sp³-hybridized carbons (Fsp3) is 0.143. The first kappa shape index (κ1) is 10.6. The molecule has 2 aromatic rings. The predicted molar refractivity (Wildman–Crippen MR) is 70.6 cm³/mol. The Morgan fingerprint density at radius 1 is 1.00 bits per heavy atom. The van der Waals surface area contributed by atoms with Gasteiger partial charge in [-0.05, 0) is 30.7 Å². The van der Waals surface area contributed by atoms with Crippen LogP contribution in [-0.2, 0) is 0 Å². The van der Waals surface area contributed by atoms with E-state index in [0.717, 1.165) is 16.9 Å². The van der Waals surface area contributed by atoms with Gasteiger partial charge in [0.2, 0.25) is 0 Å². The summed E-state index contributed by atoms with van der Waals surface area (Å²) >= 11 is 0. The van der Waals surface area contributed by atoms with Crippen molar-refractivity contribution in [3.63, 3.8) is 0 Å². The minimum Gasteiger partial charge on any atom is -0.399 e. The standard InChI is InChI=1S/C14H16N2/c1-10-3-5-11(6-4-10)13-9-12(15)7-8-14(13)16-2/h3-9,16H,15H2,1-2H3. The van der Waals surface area contributed by atoms with Crippen LogP contribution < -0.4 is 11.1 Å². The van der Waals surface area contributed by atoms with E-state index in [1.54, 1.807) is 0 Å². The van der Waals surface area contributed by atoms with Crippen LogP contribution in [0.5, 0.6) is 0 Å². The second kappa shape index (κ2) is 4.27. The summed E-state index contributed by atoms with van der Waals surface area (Å²) in [4.78, 5) is 0. The van der Waals surface area contributed by atoms with Gasteiger partial charge in [-0.3, -0.25) is 0 Å². The first-order valence-corrected chi connectivity index (χ1v) is 5.35. The van der Waals surface area contributed by atoms with Crippen LogP contribution in [0.25, 0.3) is 11.1 Å². The molecule has 0 heterocycles. The van der Waals surface area contributed by atoms with Crippen molar-refractivity contribution in [3.8, 4) is 11.1 Å². The van der Waals surface area contributed by atoms with Gasteiger partial charge < -0.3 is 11.1 Å². The molecule has 0 fully saturated rings. The molecule has 2 rings (SSSR count). The number of nitrogens with two attached hydrogens (primary N) is 1. The fourth-order valence-electron chi connectivity index (χ4n) is 1.75. The average Bonchev–Trinajstić information content (AvgIpc) is 2.30. The second-order valence-corrected chi connectivity index (χ2v) is 3.92. The monoisotopic (exact) mass is 212 g/mol. The molecule has 0 spiro atoms. The maximum Gasteiger partial charge on any atom is 0.0418 e. The van der Waals surface area contributed by atoms with E-state index in [2.05, 4.69) is 36.5 Å². The summed E-state index contributed by atoms with van der Waals surface area (Å²) in [6.45, 7) is 2.09. The molecule has 0 radical (unpaired) electrons. The van der Waals surface area contributed by atoms with E-state index in [0.29, 0.717) is 0 Å². The SMILES string of the molecule is CNc1ccc(N)cc1-c1ccc(C)cc1. The lowest BCUT2D eigenvalue weighted by Gasteiger charge is -2.10. The van der Waals surface area contributed by atoms with Crippen molar-refractivity contribution in [3.05, 3.63) is 48.0 Å². The second-order valence-electron chi connectivity index (χ2n) is 3.92. The highest BCUT2D eigenvalue weighted by Gasteiger charge is 2.03. The highest BCUT2D eigenvalue weighted by atomic mass is 14.8. The van der Waals surface area contributed by atoms with Crippen molar-refractivity contribution in [2.45, 2.75) is 6.92 Å². The minimum atomic E-state index is 0.787. The Hall–Kier alpha value is -1.96. The van der Waals surface area contributed by atoms with Gasteiger partial charge >= 0.3 is 0 Å². The molecule has 2 aromatic carbocycles. The number of nitrogens with one attached hydrogen (secondary N) is 1. The number of anilines is 2. The van der Waals surface area contributed by atoms with Gasteiger partial charge in [0.25, 0.3) is 0 Å². The lowest BCUT2D eigenvalue weighted by atomic mass is 10.0. The lowest BCUT2D eigenvalue weighted by Crippen LogP contribution is -1.94. The van der Waals surface area contributed by atoms with Crippen molar-refractivity contribution < 1.29 is 0 Å². The molecular formula is C14H16N2. The smallest absolute Gasteiger partial charge is 0.0418 e. The Bertz CT molecular complexity index is 487. The van der Waals surface area contributed by atoms with Crippen LogP contribution in [-0.4, -0.2) is 7.05 Å². The van der Waals surface area contributed by atoms with Gasteiger partial charge in [-0.2, -0.15) is 0 Å². The maximum absolute atomic E-state index is 5.82. The third-order valence-corrected chi connectivity index (χ3v) is 2.68. The number of hydrogen-bond acceptors (Lipinski definition) is 2. The summed E-state index contributed by atoms with van der Waals surface area (Å²) in [5.41, 5.74) is 11.3. The summed E-state index contributed by atoms with van der Waals surface area (Å²) in [7, 11) is 1.92. The number of rotatable bonds is 2. The Balaban J connectivity index is 2.53. The van der Waals surface area contributed by atoms with Crippen LogP contribution >= 0.6 is 0 Å². The van der Waals surface area contributed by atoms with Crippen LogP contribution in [0.2, 0.25) is 0 Å². The zero-order valence-electron chi connectivity index (χ0n) is 9.62. The lowest BCUT2D eigenvalue weighted by molar-refractivity contribution is 1.45. The molecular weight excluding hydrogens is 196 g/mol. The van der Waals surface area contributed by atoms with Gasteiger partial charge in [-0.25, -0.2) is 0 Å². The van der Waals surface area contributed by atoms with Crippen molar-refractivity contribution in [1.29, 1.82) is 0 Å². The molecule has 0 aliphatic rings. The summed E-state index contributed by atoms with van der Waals surface area (Å²) in [5.74, 6) is 0. The van der Waals surface area contributed by atoms with Gasteiger partial charge in [-0.1, -0.05) is 29.8 Å². The molecule has 2 nitrogen and oxygen atoms in total. The van der Waals surface area contributed by atoms with Crippen LogP contribution in [0.15, 0.2) is 42.5 Å². The van der Waals surface area contributed by atoms with Crippen molar-refractivity contribution in [2.24, 2.45) is 0 Å². The summed E-state index contributed by atoms with van der Waals surface area (Å²) in [5, 5.41) is 3.18. The van der Waals surface area contributed by atoms with Crippen molar-refractivity contribution in [1.82, 2.24) is 0 Å². The van der Waals surface area contributed by atoms with E-state index in [4.69, 9.17) is 5.73 Å². The van der Waals surface area contributed by atoms with E-state index in [1.165, 1.54) is 11.1 Å². The molecule has 0 aromatic heterocycles. The Kier molecular flexibility index (Phi) is 2.82. The third-order valence-electron chi connectivity index (χ3n) is 2.68. The van der Waals surface area contributed by atoms with Crippen molar-refractivity contribution in [2.75, 3.05) is 18.1 Å². The molecule has 0 unspecified atom stereocenters. The maximum atomic E-state index is 5.82. The van der Waals surface area contributed by atoms with Crippen LogP contribution in [0.1, 0.15) is 5.56 Å². The van der Waals surface area contributed by atoms with E-state index in [9.17, 15) is 0 Å². The largest absolute Gasteiger partial charge is 0.399 e. The zero-order chi connectivity index (χ0) is 11.5. The zero-order valence-corrected chi connectivity index (χ0v) is 9.62. The van der Waals surface area contributed by atoms with Crippen LogP contribution in [0.3, 0.4) is 0 Å². The molecule has 0 aliphatic heterocycles. The molecule has 0 amide bonds. The van der Waals surface area contributed by atoms with Gasteiger partial charge in [0.15, 0.2) is 0 Å². The quantitative estimate of drug-likeness (QED) is 0.750. The van der Waals surface area contributed by atoms with Gasteiger partial charge in [0.1, 0.15) is 0 Å². The van der Waals surface area contributed by atoms with E-state index >= 15 is 0 Å². The van der Waals surface area contributed by atoms with Gasteiger partial charge in [-0.15, -0.1) is 0 Å². The molecule has 0 aliphatic carbocycles. The van der Waals surface area contributed by atoms with Crippen LogP contribution in [0.4, 0.5) is 11.4 Å². The summed E-state index contributed by atoms with van der Waals surface area (Å²) < 4.78 is 0. The third kappa shape index (κ3) is 2.01. The summed E-state index contributed by atoms with van der Waals surface area (Å²) in [6.07, 6.45) is 0. The normalized spacial score (nSPS) is 10.1. The van der Waals surface area contributed by atoms with E-state index < -0.39 is 0 Å². The number of hydrogen-bond donors (Lipinski definition) is 2. The first-order valence-electron chi connectivity index (χ1n) is 5.35. The molecule has 3 N–H and O–H groups in total. The number of benzene rings is 2. The summed E-state index contributed by atoms with van der Waals surface area (Å²) in [6, 6.07) is 14.4. The highest BCUT2D eigenvalue weighted by molar-refractivity contribution is 5.80. The average molecular weight is 212 g/mol. The molecule has 0 saturated heterocycles. The molecule has 82 valence electrons. The highest BCUT2D eigenvalue weighted by Crippen LogP contribution is 2.29. The number of aryl methyl sites for hydroxylation is 1. The van der Waals surface area contributed by atoms with Gasteiger partial charge in [0, 0.05) is 24.0 Å². The van der Waals surface area contributed by atoms with Crippen LogP contribution in [0, 0.1) is 6.92 Å². The Morgan fingerprint density at radius 2 is 1.69 bits per heavy atom. The topological polar surface area (TPSA) is 38.0 Å². The number of nitrogen functional groups attached to an aromatic ring is 1. The Labute approximate surface area is 96.1 Å².